The predicted octanol–water partition coefficient (Wildman–Crippen LogP) is 0.793. The molecule has 7 heteroatoms. The third-order valence-electron chi connectivity index (χ3n) is 3.11. The van der Waals surface area contributed by atoms with Gasteiger partial charge in [0, 0.05) is 31.4 Å². The minimum atomic E-state index is -3.19. The molecule has 1 saturated heterocycles. The molecule has 1 fully saturated rings. The van der Waals surface area contributed by atoms with E-state index >= 15 is 0 Å². The Morgan fingerprint density at radius 2 is 2.00 bits per heavy atom. The molecule has 0 bridgehead atoms. The number of alkyl halides is 1. The van der Waals surface area contributed by atoms with Gasteiger partial charge in [-0.1, -0.05) is 0 Å². The smallest absolute Gasteiger partial charge is 0.223 e. The van der Waals surface area contributed by atoms with Crippen LogP contribution in [0.1, 0.15) is 26.2 Å². The summed E-state index contributed by atoms with van der Waals surface area (Å²) >= 11 is 5.51. The Hall–Kier alpha value is -0.330. The fraction of sp³-hybridized carbons (Fsp3) is 0.909. The largest absolute Gasteiger partial charge is 0.356 e. The van der Waals surface area contributed by atoms with E-state index in [0.717, 1.165) is 0 Å². The minimum Gasteiger partial charge on any atom is -0.356 e. The number of nitrogens with one attached hydrogen (secondary N) is 1. The summed E-state index contributed by atoms with van der Waals surface area (Å²) in [4.78, 5) is 11.6. The summed E-state index contributed by atoms with van der Waals surface area (Å²) in [7, 11) is -3.19. The maximum absolute atomic E-state index is 11.9. The van der Waals surface area contributed by atoms with Crippen LogP contribution in [0.3, 0.4) is 0 Å². The zero-order chi connectivity index (χ0) is 13.6. The first kappa shape index (κ1) is 15.7. The summed E-state index contributed by atoms with van der Waals surface area (Å²) in [5.74, 6) is 0.441. The van der Waals surface area contributed by atoms with E-state index in [1.54, 1.807) is 0 Å². The van der Waals surface area contributed by atoms with Crippen molar-refractivity contribution in [3.8, 4) is 0 Å². The van der Waals surface area contributed by atoms with Gasteiger partial charge < -0.3 is 5.32 Å². The third kappa shape index (κ3) is 4.40. The molecule has 5 nitrogen and oxygen atoms in total. The average molecular weight is 297 g/mol. The van der Waals surface area contributed by atoms with Crippen molar-refractivity contribution in [2.45, 2.75) is 26.2 Å². The van der Waals surface area contributed by atoms with E-state index in [4.69, 9.17) is 11.6 Å². The van der Waals surface area contributed by atoms with Gasteiger partial charge in [0.15, 0.2) is 0 Å². The summed E-state index contributed by atoms with van der Waals surface area (Å²) in [5, 5.41) is 2.78. The molecule has 0 spiro atoms. The topological polar surface area (TPSA) is 66.5 Å². The van der Waals surface area contributed by atoms with Gasteiger partial charge in [-0.25, -0.2) is 12.7 Å². The van der Waals surface area contributed by atoms with Crippen LogP contribution in [0.25, 0.3) is 0 Å². The zero-order valence-corrected chi connectivity index (χ0v) is 12.3. The van der Waals surface area contributed by atoms with Gasteiger partial charge in [0.2, 0.25) is 15.9 Å². The number of carbonyl (C=O) groups is 1. The molecule has 0 aromatic carbocycles. The van der Waals surface area contributed by atoms with E-state index in [2.05, 4.69) is 5.32 Å². The van der Waals surface area contributed by atoms with Gasteiger partial charge in [0.05, 0.1) is 5.75 Å². The molecule has 0 aromatic rings. The van der Waals surface area contributed by atoms with Crippen LogP contribution in [0.15, 0.2) is 0 Å². The lowest BCUT2D eigenvalue weighted by Crippen LogP contribution is -2.43. The summed E-state index contributed by atoms with van der Waals surface area (Å²) in [5.41, 5.74) is 0. The molecular formula is C11H21ClN2O3S. The molecule has 1 heterocycles. The predicted molar refractivity (Wildman–Crippen MR) is 72.1 cm³/mol. The van der Waals surface area contributed by atoms with Crippen molar-refractivity contribution in [1.29, 1.82) is 0 Å². The van der Waals surface area contributed by atoms with E-state index in [9.17, 15) is 13.2 Å². The number of piperidine rings is 1. The Bertz CT molecular complexity index is 364. The van der Waals surface area contributed by atoms with Gasteiger partial charge in [0.1, 0.15) is 0 Å². The highest BCUT2D eigenvalue weighted by Gasteiger charge is 2.30. The molecule has 0 aromatic heterocycles. The lowest BCUT2D eigenvalue weighted by molar-refractivity contribution is -0.126. The van der Waals surface area contributed by atoms with Gasteiger partial charge in [-0.15, -0.1) is 11.6 Å². The molecular weight excluding hydrogens is 276 g/mol. The molecule has 1 rings (SSSR count). The number of rotatable bonds is 6. The van der Waals surface area contributed by atoms with Crippen molar-refractivity contribution in [1.82, 2.24) is 9.62 Å². The van der Waals surface area contributed by atoms with Crippen LogP contribution < -0.4 is 5.32 Å². The highest BCUT2D eigenvalue weighted by molar-refractivity contribution is 7.89. The molecule has 0 radical (unpaired) electrons. The first-order valence-corrected chi connectivity index (χ1v) is 8.47. The lowest BCUT2D eigenvalue weighted by Gasteiger charge is -2.30. The van der Waals surface area contributed by atoms with Crippen molar-refractivity contribution in [2.24, 2.45) is 5.92 Å². The second kappa shape index (κ2) is 7.31. The normalized spacial score (nSPS) is 18.8. The Kier molecular flexibility index (Phi) is 6.38. The van der Waals surface area contributed by atoms with Crippen LogP contribution in [0, 0.1) is 5.92 Å². The molecule has 1 aliphatic heterocycles. The van der Waals surface area contributed by atoms with E-state index in [0.29, 0.717) is 44.8 Å². The molecule has 1 aliphatic rings. The molecule has 0 unspecified atom stereocenters. The Labute approximate surface area is 114 Å². The van der Waals surface area contributed by atoms with Gasteiger partial charge in [0.25, 0.3) is 0 Å². The lowest BCUT2D eigenvalue weighted by atomic mass is 9.97. The molecule has 0 atom stereocenters. The number of sulfonamides is 1. The maximum Gasteiger partial charge on any atom is 0.223 e. The van der Waals surface area contributed by atoms with Gasteiger partial charge in [-0.3, -0.25) is 4.79 Å². The van der Waals surface area contributed by atoms with E-state index in [-0.39, 0.29) is 17.6 Å². The SMILES string of the molecule is CCNC(=O)C1CCN(S(=O)(=O)CCCCl)CC1. The summed E-state index contributed by atoms with van der Waals surface area (Å²) in [6.07, 6.45) is 1.68. The van der Waals surface area contributed by atoms with E-state index in [1.165, 1.54) is 4.31 Å². The summed E-state index contributed by atoms with van der Waals surface area (Å²) in [6.45, 7) is 3.37. The molecule has 106 valence electrons. The molecule has 0 saturated carbocycles. The van der Waals surface area contributed by atoms with Gasteiger partial charge in [-0.05, 0) is 26.2 Å². The first-order valence-electron chi connectivity index (χ1n) is 6.32. The summed E-state index contributed by atoms with van der Waals surface area (Å²) in [6, 6.07) is 0. The summed E-state index contributed by atoms with van der Waals surface area (Å²) < 4.78 is 25.3. The highest BCUT2D eigenvalue weighted by atomic mass is 35.5. The molecule has 1 N–H and O–H groups in total. The van der Waals surface area contributed by atoms with Crippen LogP contribution in [0.2, 0.25) is 0 Å². The van der Waals surface area contributed by atoms with Crippen LogP contribution in [0.5, 0.6) is 0 Å². The van der Waals surface area contributed by atoms with Crippen molar-refractivity contribution in [3.05, 3.63) is 0 Å². The fourth-order valence-corrected chi connectivity index (χ4v) is 3.91. The molecule has 1 amide bonds. The number of nitrogens with zero attached hydrogens (tertiary/aromatic N) is 1. The zero-order valence-electron chi connectivity index (χ0n) is 10.7. The third-order valence-corrected chi connectivity index (χ3v) is 5.33. The Morgan fingerprint density at radius 1 is 1.39 bits per heavy atom. The van der Waals surface area contributed by atoms with E-state index < -0.39 is 10.0 Å². The number of hydrogen-bond acceptors (Lipinski definition) is 3. The number of halogens is 1. The molecule has 18 heavy (non-hydrogen) atoms. The number of carbonyl (C=O) groups excluding carboxylic acids is 1. The monoisotopic (exact) mass is 296 g/mol. The Balaban J connectivity index is 2.46. The van der Waals surface area contributed by atoms with Gasteiger partial charge >= 0.3 is 0 Å². The van der Waals surface area contributed by atoms with Gasteiger partial charge in [-0.2, -0.15) is 0 Å². The van der Waals surface area contributed by atoms with Crippen molar-refractivity contribution in [3.63, 3.8) is 0 Å². The second-order valence-corrected chi connectivity index (χ2v) is 6.89. The second-order valence-electron chi connectivity index (χ2n) is 4.43. The number of hydrogen-bond donors (Lipinski definition) is 1. The number of amides is 1. The minimum absolute atomic E-state index is 0.0373. The van der Waals surface area contributed by atoms with Crippen molar-refractivity contribution < 1.29 is 13.2 Å². The van der Waals surface area contributed by atoms with Crippen LogP contribution in [0.4, 0.5) is 0 Å². The quantitative estimate of drug-likeness (QED) is 0.737. The first-order chi connectivity index (χ1) is 8.51. The fourth-order valence-electron chi connectivity index (χ4n) is 2.08. The average Bonchev–Trinajstić information content (AvgIpc) is 2.37. The Morgan fingerprint density at radius 3 is 2.50 bits per heavy atom. The van der Waals surface area contributed by atoms with Crippen LogP contribution in [-0.2, 0) is 14.8 Å². The highest BCUT2D eigenvalue weighted by Crippen LogP contribution is 2.20. The van der Waals surface area contributed by atoms with Crippen molar-refractivity contribution >= 4 is 27.5 Å². The van der Waals surface area contributed by atoms with Crippen LogP contribution >= 0.6 is 11.6 Å². The van der Waals surface area contributed by atoms with E-state index in [1.807, 2.05) is 6.92 Å². The maximum atomic E-state index is 11.9. The van der Waals surface area contributed by atoms with Crippen LogP contribution in [-0.4, -0.2) is 49.9 Å². The molecule has 0 aliphatic carbocycles. The standard InChI is InChI=1S/C11H21ClN2O3S/c1-2-13-11(15)10-4-7-14(8-5-10)18(16,17)9-3-6-12/h10H,2-9H2,1H3,(H,13,15). The van der Waals surface area contributed by atoms with Crippen molar-refractivity contribution in [2.75, 3.05) is 31.3 Å².